The van der Waals surface area contributed by atoms with E-state index in [1.165, 1.54) is 18.9 Å². The van der Waals surface area contributed by atoms with Crippen molar-refractivity contribution < 1.29 is 9.53 Å². The minimum atomic E-state index is -0.289. The molecule has 0 unspecified atom stereocenters. The largest absolute Gasteiger partial charge is 0.468 e. The third-order valence-electron chi connectivity index (χ3n) is 2.49. The van der Waals surface area contributed by atoms with Gasteiger partial charge in [0.15, 0.2) is 0 Å². The Morgan fingerprint density at radius 2 is 2.32 bits per heavy atom. The zero-order valence-electron chi connectivity index (χ0n) is 11.2. The second-order valence-corrected chi connectivity index (χ2v) is 5.00. The fourth-order valence-electron chi connectivity index (χ4n) is 1.51. The molecule has 0 aromatic heterocycles. The minimum Gasteiger partial charge on any atom is -0.468 e. The van der Waals surface area contributed by atoms with E-state index in [1.54, 1.807) is 0 Å². The smallest absolute Gasteiger partial charge is 0.315 e. The number of esters is 1. The van der Waals surface area contributed by atoms with Crippen LogP contribution in [0.2, 0.25) is 0 Å². The minimum absolute atomic E-state index is 0.221. The van der Waals surface area contributed by atoms with Gasteiger partial charge in [0.05, 0.1) is 18.4 Å². The summed E-state index contributed by atoms with van der Waals surface area (Å²) < 4.78 is 4.58. The quantitative estimate of drug-likeness (QED) is 0.471. The molecule has 0 aliphatic carbocycles. The van der Waals surface area contributed by atoms with Crippen molar-refractivity contribution in [2.24, 2.45) is 0 Å². The van der Waals surface area contributed by atoms with Gasteiger partial charge in [0.25, 0.3) is 0 Å². The number of nitrogens with zero attached hydrogens (tertiary/aromatic N) is 1. The van der Waals surface area contributed by atoms with Crippen LogP contribution in [0.25, 0.3) is 0 Å². The van der Waals surface area contributed by atoms with Gasteiger partial charge in [-0.1, -0.05) is 13.0 Å². The van der Waals surface area contributed by atoms with Crippen molar-refractivity contribution in [3.05, 3.63) is 29.3 Å². The number of hydrogen-bond donors (Lipinski definition) is 1. The molecule has 0 saturated heterocycles. The van der Waals surface area contributed by atoms with Gasteiger partial charge in [-0.25, -0.2) is 0 Å². The molecule has 0 bridgehead atoms. The van der Waals surface area contributed by atoms with Crippen LogP contribution in [-0.4, -0.2) is 25.4 Å². The Labute approximate surface area is 118 Å². The molecule has 5 heteroatoms. The Hall–Kier alpha value is -1.51. The molecule has 1 N–H and O–H groups in total. The maximum Gasteiger partial charge on any atom is 0.315 e. The molecule has 1 aromatic carbocycles. The molecule has 0 fully saturated rings. The number of carbonyl (C=O) groups excluding carboxylic acids is 1. The van der Waals surface area contributed by atoms with Crippen LogP contribution in [0.5, 0.6) is 0 Å². The van der Waals surface area contributed by atoms with Crippen molar-refractivity contribution in [1.82, 2.24) is 5.32 Å². The molecule has 0 aliphatic rings. The lowest BCUT2D eigenvalue weighted by atomic mass is 10.1. The van der Waals surface area contributed by atoms with Gasteiger partial charge in [0.2, 0.25) is 0 Å². The highest BCUT2D eigenvalue weighted by atomic mass is 32.2. The third kappa shape index (κ3) is 5.33. The first-order valence-corrected chi connectivity index (χ1v) is 7.13. The summed E-state index contributed by atoms with van der Waals surface area (Å²) >= 11 is 1.32. The second-order valence-electron chi connectivity index (χ2n) is 3.98. The highest BCUT2D eigenvalue weighted by Gasteiger charge is 2.07. The zero-order valence-corrected chi connectivity index (χ0v) is 12.0. The lowest BCUT2D eigenvalue weighted by Crippen LogP contribution is -2.13. The van der Waals surface area contributed by atoms with E-state index in [9.17, 15) is 4.79 Å². The Balaban J connectivity index is 2.68. The molecule has 0 radical (unpaired) electrons. The van der Waals surface area contributed by atoms with Gasteiger partial charge in [-0.2, -0.15) is 5.26 Å². The number of nitrogens with one attached hydrogen (secondary N) is 1. The molecule has 0 spiro atoms. The first-order valence-electron chi connectivity index (χ1n) is 6.14. The second kappa shape index (κ2) is 8.57. The lowest BCUT2D eigenvalue weighted by molar-refractivity contribution is -0.137. The normalized spacial score (nSPS) is 9.95. The predicted molar refractivity (Wildman–Crippen MR) is 75.9 cm³/mol. The van der Waals surface area contributed by atoms with Gasteiger partial charge in [-0.05, 0) is 30.7 Å². The highest BCUT2D eigenvalue weighted by Crippen LogP contribution is 2.23. The van der Waals surface area contributed by atoms with Crippen LogP contribution in [0.15, 0.2) is 23.1 Å². The van der Waals surface area contributed by atoms with Gasteiger partial charge >= 0.3 is 5.97 Å². The molecular weight excluding hydrogens is 260 g/mol. The van der Waals surface area contributed by atoms with Crippen LogP contribution < -0.4 is 5.32 Å². The fraction of sp³-hybridized carbons (Fsp3) is 0.429. The average Bonchev–Trinajstić information content (AvgIpc) is 2.45. The Morgan fingerprint density at radius 1 is 1.53 bits per heavy atom. The summed E-state index contributed by atoms with van der Waals surface area (Å²) in [5.41, 5.74) is 1.68. The first kappa shape index (κ1) is 15.5. The summed E-state index contributed by atoms with van der Waals surface area (Å²) in [4.78, 5) is 11.9. The van der Waals surface area contributed by atoms with Crippen molar-refractivity contribution in [1.29, 1.82) is 5.26 Å². The van der Waals surface area contributed by atoms with Crippen LogP contribution >= 0.6 is 11.8 Å². The van der Waals surface area contributed by atoms with E-state index >= 15 is 0 Å². The number of rotatable bonds is 7. The number of benzene rings is 1. The highest BCUT2D eigenvalue weighted by molar-refractivity contribution is 8.00. The first-order chi connectivity index (χ1) is 9.21. The van der Waals surface area contributed by atoms with Gasteiger partial charge in [0, 0.05) is 11.4 Å². The van der Waals surface area contributed by atoms with E-state index in [4.69, 9.17) is 5.26 Å². The summed E-state index contributed by atoms with van der Waals surface area (Å²) in [5, 5.41) is 12.4. The number of hydrogen-bond acceptors (Lipinski definition) is 5. The third-order valence-corrected chi connectivity index (χ3v) is 3.54. The summed E-state index contributed by atoms with van der Waals surface area (Å²) in [7, 11) is 1.36. The zero-order chi connectivity index (χ0) is 14.1. The maximum absolute atomic E-state index is 11.1. The van der Waals surface area contributed by atoms with Crippen molar-refractivity contribution in [3.63, 3.8) is 0 Å². The number of thioether (sulfide) groups is 1. The molecule has 102 valence electrons. The number of methoxy groups -OCH3 is 1. The standard InChI is InChI=1S/C14H18N2O2S/c1-3-6-16-9-11-4-5-13(12(7-11)8-15)19-10-14(17)18-2/h4-5,7,16H,3,6,9-10H2,1-2H3. The van der Waals surface area contributed by atoms with E-state index in [-0.39, 0.29) is 11.7 Å². The van der Waals surface area contributed by atoms with Crippen molar-refractivity contribution in [2.45, 2.75) is 24.8 Å². The Kier molecular flexibility index (Phi) is 7.01. The molecule has 19 heavy (non-hydrogen) atoms. The molecule has 1 rings (SSSR count). The summed E-state index contributed by atoms with van der Waals surface area (Å²) in [6, 6.07) is 7.89. The molecular formula is C14H18N2O2S. The summed E-state index contributed by atoms with van der Waals surface area (Å²) in [5.74, 6) is -0.0684. The van der Waals surface area contributed by atoms with Crippen molar-refractivity contribution in [2.75, 3.05) is 19.4 Å². The molecule has 0 amide bonds. The van der Waals surface area contributed by atoms with Crippen LogP contribution in [0.4, 0.5) is 0 Å². The SMILES string of the molecule is CCCNCc1ccc(SCC(=O)OC)c(C#N)c1. The topological polar surface area (TPSA) is 62.1 Å². The van der Waals surface area contributed by atoms with E-state index in [0.29, 0.717) is 5.56 Å². The molecule has 0 atom stereocenters. The van der Waals surface area contributed by atoms with Crippen LogP contribution in [0, 0.1) is 11.3 Å². The average molecular weight is 278 g/mol. The summed E-state index contributed by atoms with van der Waals surface area (Å²) in [6.45, 7) is 3.82. The number of carbonyl (C=O) groups is 1. The van der Waals surface area contributed by atoms with Crippen molar-refractivity contribution in [3.8, 4) is 6.07 Å². The molecule has 4 nitrogen and oxygen atoms in total. The van der Waals surface area contributed by atoms with Gasteiger partial charge in [0.1, 0.15) is 6.07 Å². The van der Waals surface area contributed by atoms with E-state index in [1.807, 2.05) is 18.2 Å². The van der Waals surface area contributed by atoms with Crippen molar-refractivity contribution >= 4 is 17.7 Å². The van der Waals surface area contributed by atoms with E-state index < -0.39 is 0 Å². The Morgan fingerprint density at radius 3 is 2.95 bits per heavy atom. The molecule has 0 heterocycles. The number of nitriles is 1. The Bertz CT molecular complexity index is 469. The van der Waals surface area contributed by atoms with Crippen LogP contribution in [-0.2, 0) is 16.1 Å². The molecule has 0 aliphatic heterocycles. The van der Waals surface area contributed by atoms with Gasteiger partial charge in [-0.3, -0.25) is 4.79 Å². The van der Waals surface area contributed by atoms with Crippen LogP contribution in [0.3, 0.4) is 0 Å². The molecule has 1 aromatic rings. The number of ether oxygens (including phenoxy) is 1. The molecule has 0 saturated carbocycles. The monoisotopic (exact) mass is 278 g/mol. The van der Waals surface area contributed by atoms with Crippen LogP contribution in [0.1, 0.15) is 24.5 Å². The lowest BCUT2D eigenvalue weighted by Gasteiger charge is -2.07. The predicted octanol–water partition coefficient (Wildman–Crippen LogP) is 2.32. The maximum atomic E-state index is 11.1. The van der Waals surface area contributed by atoms with Gasteiger partial charge in [-0.15, -0.1) is 11.8 Å². The van der Waals surface area contributed by atoms with Gasteiger partial charge < -0.3 is 10.1 Å². The summed E-state index contributed by atoms with van der Waals surface area (Å²) in [6.07, 6.45) is 1.08. The fourth-order valence-corrected chi connectivity index (χ4v) is 2.32. The van der Waals surface area contributed by atoms with E-state index in [0.717, 1.165) is 30.0 Å². The van der Waals surface area contributed by atoms with E-state index in [2.05, 4.69) is 23.0 Å².